The van der Waals surface area contributed by atoms with Crippen molar-refractivity contribution in [3.63, 3.8) is 0 Å². The van der Waals surface area contributed by atoms with E-state index >= 15 is 0 Å². The van der Waals surface area contributed by atoms with Crippen LogP contribution in [0.5, 0.6) is 0 Å². The Kier molecular flexibility index (Phi) is 2.69. The van der Waals surface area contributed by atoms with Gasteiger partial charge in [-0.2, -0.15) is 0 Å². The molecule has 0 amide bonds. The van der Waals surface area contributed by atoms with Gasteiger partial charge >= 0.3 is 0 Å². The topological polar surface area (TPSA) is 52.0 Å². The minimum atomic E-state index is 0.511. The van der Waals surface area contributed by atoms with Gasteiger partial charge in [0.2, 0.25) is 0 Å². The Balaban J connectivity index is 1.71. The summed E-state index contributed by atoms with van der Waals surface area (Å²) in [7, 11) is 0. The van der Waals surface area contributed by atoms with E-state index in [0.717, 1.165) is 18.1 Å². The van der Waals surface area contributed by atoms with Crippen LogP contribution in [0.4, 0.5) is 0 Å². The van der Waals surface area contributed by atoms with Crippen LogP contribution in [0, 0.1) is 0 Å². The van der Waals surface area contributed by atoms with E-state index in [9.17, 15) is 0 Å². The molecule has 17 heavy (non-hydrogen) atoms. The van der Waals surface area contributed by atoms with Crippen LogP contribution in [0.1, 0.15) is 35.5 Å². The molecule has 1 saturated carbocycles. The molecule has 0 spiro atoms. The zero-order valence-electron chi connectivity index (χ0n) is 9.67. The molecule has 2 unspecified atom stereocenters. The molecule has 1 aromatic carbocycles. The molecule has 3 nitrogen and oxygen atoms in total. The second-order valence-corrected chi connectivity index (χ2v) is 4.55. The molecule has 3 heteroatoms. The summed E-state index contributed by atoms with van der Waals surface area (Å²) >= 11 is 0. The third kappa shape index (κ3) is 2.11. The third-order valence-electron chi connectivity index (χ3n) is 3.31. The van der Waals surface area contributed by atoms with Crippen LogP contribution in [0.3, 0.4) is 0 Å². The Morgan fingerprint density at radius 2 is 2.06 bits per heavy atom. The molecule has 1 aliphatic rings. The van der Waals surface area contributed by atoms with Gasteiger partial charge < -0.3 is 10.2 Å². The van der Waals surface area contributed by atoms with Gasteiger partial charge in [-0.05, 0) is 17.9 Å². The summed E-state index contributed by atoms with van der Waals surface area (Å²) in [6.45, 7) is 0.590. The van der Waals surface area contributed by atoms with E-state index in [-0.39, 0.29) is 0 Å². The molecule has 1 aromatic heterocycles. The number of aromatic nitrogens is 1. The molecule has 2 aromatic rings. The molecule has 1 aliphatic carbocycles. The molecule has 1 heterocycles. The molecule has 0 radical (unpaired) electrons. The quantitative estimate of drug-likeness (QED) is 0.874. The molecule has 2 N–H and O–H groups in total. The van der Waals surface area contributed by atoms with Gasteiger partial charge in [-0.25, -0.2) is 4.98 Å². The summed E-state index contributed by atoms with van der Waals surface area (Å²) in [6.07, 6.45) is 3.75. The number of benzene rings is 1. The van der Waals surface area contributed by atoms with Gasteiger partial charge in [-0.1, -0.05) is 30.3 Å². The number of hydrogen-bond donors (Lipinski definition) is 1. The standard InChI is InChI=1S/C14H16N2O/c15-7-6-14-16-9-13(17-14)12-8-11(12)10-4-2-1-3-5-10/h1-5,9,11-12H,6-8,15H2. The Morgan fingerprint density at radius 3 is 2.82 bits per heavy atom. The molecule has 0 bridgehead atoms. The lowest BCUT2D eigenvalue weighted by atomic mass is 10.1. The van der Waals surface area contributed by atoms with E-state index in [1.165, 1.54) is 12.0 Å². The van der Waals surface area contributed by atoms with Crippen LogP contribution in [0.2, 0.25) is 0 Å². The first kappa shape index (κ1) is 10.5. The van der Waals surface area contributed by atoms with E-state index in [1.807, 2.05) is 6.20 Å². The van der Waals surface area contributed by atoms with Gasteiger partial charge in [-0.3, -0.25) is 0 Å². The van der Waals surface area contributed by atoms with Gasteiger partial charge in [-0.15, -0.1) is 0 Å². The Morgan fingerprint density at radius 1 is 1.24 bits per heavy atom. The average molecular weight is 228 g/mol. The smallest absolute Gasteiger partial charge is 0.195 e. The molecule has 2 atom stereocenters. The predicted molar refractivity (Wildman–Crippen MR) is 65.8 cm³/mol. The second-order valence-electron chi connectivity index (χ2n) is 4.55. The first-order valence-electron chi connectivity index (χ1n) is 6.08. The highest BCUT2D eigenvalue weighted by atomic mass is 16.4. The SMILES string of the molecule is NCCc1ncc(C2CC2c2ccccc2)o1. The summed E-state index contributed by atoms with van der Waals surface area (Å²) in [5.41, 5.74) is 6.88. The zero-order valence-corrected chi connectivity index (χ0v) is 9.67. The van der Waals surface area contributed by atoms with Crippen molar-refractivity contribution in [3.05, 3.63) is 53.7 Å². The Hall–Kier alpha value is -1.61. The molecule has 1 fully saturated rings. The van der Waals surface area contributed by atoms with Crippen molar-refractivity contribution >= 4 is 0 Å². The van der Waals surface area contributed by atoms with Crippen LogP contribution in [-0.2, 0) is 6.42 Å². The fourth-order valence-electron chi connectivity index (χ4n) is 2.31. The van der Waals surface area contributed by atoms with Crippen molar-refractivity contribution in [1.29, 1.82) is 0 Å². The average Bonchev–Trinajstić information content (AvgIpc) is 3.04. The number of oxazole rings is 1. The lowest BCUT2D eigenvalue weighted by Crippen LogP contribution is -2.02. The normalized spacial score (nSPS) is 22.6. The fourth-order valence-corrected chi connectivity index (χ4v) is 2.31. The molecule has 3 rings (SSSR count). The van der Waals surface area contributed by atoms with Crippen LogP contribution in [0.25, 0.3) is 0 Å². The van der Waals surface area contributed by atoms with Crippen molar-refractivity contribution in [3.8, 4) is 0 Å². The van der Waals surface area contributed by atoms with Gasteiger partial charge in [0.15, 0.2) is 5.89 Å². The molecular weight excluding hydrogens is 212 g/mol. The first-order chi connectivity index (χ1) is 8.38. The van der Waals surface area contributed by atoms with Gasteiger partial charge in [0.05, 0.1) is 6.20 Å². The molecule has 0 aliphatic heterocycles. The maximum absolute atomic E-state index is 5.71. The van der Waals surface area contributed by atoms with E-state index in [2.05, 4.69) is 35.3 Å². The summed E-state index contributed by atoms with van der Waals surface area (Å²) in [5, 5.41) is 0. The van der Waals surface area contributed by atoms with E-state index in [1.54, 1.807) is 0 Å². The second kappa shape index (κ2) is 4.34. The van der Waals surface area contributed by atoms with E-state index < -0.39 is 0 Å². The molecule has 88 valence electrons. The highest BCUT2D eigenvalue weighted by Gasteiger charge is 2.41. The van der Waals surface area contributed by atoms with Crippen molar-refractivity contribution < 1.29 is 4.42 Å². The fraction of sp³-hybridized carbons (Fsp3) is 0.357. The molecular formula is C14H16N2O. The van der Waals surface area contributed by atoms with Crippen molar-refractivity contribution in [2.45, 2.75) is 24.7 Å². The number of rotatable bonds is 4. The summed E-state index contributed by atoms with van der Waals surface area (Å²) in [6, 6.07) is 10.6. The first-order valence-corrected chi connectivity index (χ1v) is 6.08. The lowest BCUT2D eigenvalue weighted by molar-refractivity contribution is 0.455. The van der Waals surface area contributed by atoms with Crippen molar-refractivity contribution in [2.75, 3.05) is 6.54 Å². The van der Waals surface area contributed by atoms with Crippen molar-refractivity contribution in [2.24, 2.45) is 5.73 Å². The van der Waals surface area contributed by atoms with Crippen LogP contribution in [0.15, 0.2) is 40.9 Å². The zero-order chi connectivity index (χ0) is 11.7. The van der Waals surface area contributed by atoms with Gasteiger partial charge in [0.1, 0.15) is 5.76 Å². The minimum absolute atomic E-state index is 0.511. The maximum Gasteiger partial charge on any atom is 0.195 e. The highest BCUT2D eigenvalue weighted by Crippen LogP contribution is 2.54. The molecule has 0 saturated heterocycles. The number of nitrogens with zero attached hydrogens (tertiary/aromatic N) is 1. The summed E-state index contributed by atoms with van der Waals surface area (Å²) < 4.78 is 5.71. The predicted octanol–water partition coefficient (Wildman–Crippen LogP) is 2.45. The summed E-state index contributed by atoms with van der Waals surface area (Å²) in [5.74, 6) is 2.90. The number of hydrogen-bond acceptors (Lipinski definition) is 3. The maximum atomic E-state index is 5.71. The van der Waals surface area contributed by atoms with E-state index in [4.69, 9.17) is 10.2 Å². The monoisotopic (exact) mass is 228 g/mol. The lowest BCUT2D eigenvalue weighted by Gasteiger charge is -1.97. The van der Waals surface area contributed by atoms with Gasteiger partial charge in [0, 0.05) is 18.9 Å². The Labute approximate surface area is 101 Å². The van der Waals surface area contributed by atoms with Crippen LogP contribution in [-0.4, -0.2) is 11.5 Å². The van der Waals surface area contributed by atoms with Crippen molar-refractivity contribution in [1.82, 2.24) is 4.98 Å². The third-order valence-corrected chi connectivity index (χ3v) is 3.31. The van der Waals surface area contributed by atoms with E-state index in [0.29, 0.717) is 18.4 Å². The summed E-state index contributed by atoms with van der Waals surface area (Å²) in [4.78, 5) is 4.25. The number of nitrogens with two attached hydrogens (primary N) is 1. The van der Waals surface area contributed by atoms with Gasteiger partial charge in [0.25, 0.3) is 0 Å². The van der Waals surface area contributed by atoms with Crippen LogP contribution < -0.4 is 5.73 Å². The Bertz CT molecular complexity index is 492. The van der Waals surface area contributed by atoms with Crippen LogP contribution >= 0.6 is 0 Å². The largest absolute Gasteiger partial charge is 0.445 e. The minimum Gasteiger partial charge on any atom is -0.445 e. The highest BCUT2D eigenvalue weighted by molar-refractivity contribution is 5.31.